The number of aromatic nitrogens is 3. The zero-order chi connectivity index (χ0) is 18.0. The molecule has 3 aromatic rings. The van der Waals surface area contributed by atoms with Crippen LogP contribution >= 0.6 is 0 Å². The Morgan fingerprint density at radius 2 is 1.76 bits per heavy atom. The highest BCUT2D eigenvalue weighted by Crippen LogP contribution is 2.30. The second kappa shape index (κ2) is 6.54. The van der Waals surface area contributed by atoms with Gasteiger partial charge in [0.2, 0.25) is 11.7 Å². The van der Waals surface area contributed by atoms with E-state index in [0.29, 0.717) is 11.4 Å². The maximum absolute atomic E-state index is 12.5. The van der Waals surface area contributed by atoms with Crippen LogP contribution in [0.3, 0.4) is 0 Å². The number of rotatable bonds is 4. The molecule has 0 saturated heterocycles. The number of pyridine rings is 1. The molecule has 1 atom stereocenters. The van der Waals surface area contributed by atoms with E-state index in [2.05, 4.69) is 19.6 Å². The summed E-state index contributed by atoms with van der Waals surface area (Å²) < 4.78 is 47.5. The van der Waals surface area contributed by atoms with Gasteiger partial charge in [0.05, 0.1) is 0 Å². The third-order valence-electron chi connectivity index (χ3n) is 3.47. The van der Waals surface area contributed by atoms with Crippen molar-refractivity contribution in [3.8, 4) is 17.3 Å². The van der Waals surface area contributed by atoms with Crippen LogP contribution in [0.2, 0.25) is 0 Å². The molecule has 0 aliphatic rings. The first-order valence-electron chi connectivity index (χ1n) is 7.44. The second-order valence-electron chi connectivity index (χ2n) is 5.42. The molecule has 0 radical (unpaired) electrons. The summed E-state index contributed by atoms with van der Waals surface area (Å²) in [6.45, 7) is 3.72. The van der Waals surface area contributed by atoms with Crippen LogP contribution < -0.4 is 4.74 Å². The highest BCUT2D eigenvalue weighted by Gasteiger charge is 2.38. The highest BCUT2D eigenvalue weighted by atomic mass is 19.4. The first-order valence-corrected chi connectivity index (χ1v) is 7.44. The van der Waals surface area contributed by atoms with Gasteiger partial charge in [-0.2, -0.15) is 18.2 Å². The van der Waals surface area contributed by atoms with Crippen LogP contribution in [0.15, 0.2) is 47.0 Å². The summed E-state index contributed by atoms with van der Waals surface area (Å²) in [5, 5.41) is 3.36. The first-order chi connectivity index (χ1) is 11.8. The van der Waals surface area contributed by atoms with Crippen molar-refractivity contribution in [1.29, 1.82) is 0 Å². The highest BCUT2D eigenvalue weighted by molar-refractivity contribution is 5.54. The van der Waals surface area contributed by atoms with Gasteiger partial charge in [0, 0.05) is 17.3 Å². The smallest absolute Gasteiger partial charge is 0.470 e. The molecular weight excluding hydrogens is 335 g/mol. The van der Waals surface area contributed by atoms with Gasteiger partial charge in [-0.3, -0.25) is 0 Å². The molecule has 1 aromatic carbocycles. The lowest BCUT2D eigenvalue weighted by Gasteiger charge is -2.14. The molecule has 0 amide bonds. The topological polar surface area (TPSA) is 61.0 Å². The number of alkyl halides is 3. The lowest BCUT2D eigenvalue weighted by molar-refractivity contribution is -0.159. The van der Waals surface area contributed by atoms with Gasteiger partial charge < -0.3 is 9.26 Å². The van der Waals surface area contributed by atoms with Gasteiger partial charge in [0.15, 0.2) is 0 Å². The van der Waals surface area contributed by atoms with Crippen LogP contribution in [-0.2, 0) is 6.18 Å². The molecule has 0 N–H and O–H groups in total. The van der Waals surface area contributed by atoms with Crippen molar-refractivity contribution in [3.63, 3.8) is 0 Å². The van der Waals surface area contributed by atoms with E-state index in [1.54, 1.807) is 30.3 Å². The largest absolute Gasteiger partial charge is 0.471 e. The van der Waals surface area contributed by atoms with Gasteiger partial charge in [-0.05, 0) is 25.5 Å². The molecule has 2 aromatic heterocycles. The number of benzene rings is 1. The minimum absolute atomic E-state index is 0.118. The molecule has 0 bridgehead atoms. The molecule has 0 fully saturated rings. The van der Waals surface area contributed by atoms with Crippen molar-refractivity contribution in [3.05, 3.63) is 59.6 Å². The summed E-state index contributed by atoms with van der Waals surface area (Å²) in [4.78, 5) is 7.63. The van der Waals surface area contributed by atoms with Crippen LogP contribution in [0.4, 0.5) is 13.2 Å². The number of hydrogen-bond donors (Lipinski definition) is 0. The molecule has 1 unspecified atom stereocenters. The molecule has 0 saturated carbocycles. The average molecular weight is 349 g/mol. The molecule has 25 heavy (non-hydrogen) atoms. The lowest BCUT2D eigenvalue weighted by atomic mass is 10.1. The van der Waals surface area contributed by atoms with Crippen molar-refractivity contribution in [2.24, 2.45) is 0 Å². The third kappa shape index (κ3) is 3.96. The van der Waals surface area contributed by atoms with Gasteiger partial charge in [0.1, 0.15) is 6.10 Å². The first kappa shape index (κ1) is 16.9. The summed E-state index contributed by atoms with van der Waals surface area (Å²) in [6.07, 6.45) is -4.94. The van der Waals surface area contributed by atoms with Gasteiger partial charge in [-0.15, -0.1) is 0 Å². The summed E-state index contributed by atoms with van der Waals surface area (Å²) >= 11 is 0. The van der Waals surface area contributed by atoms with E-state index in [9.17, 15) is 13.2 Å². The Hall–Kier alpha value is -2.90. The number of aryl methyl sites for hydroxylation is 1. The Balaban J connectivity index is 1.74. The van der Waals surface area contributed by atoms with Gasteiger partial charge in [0.25, 0.3) is 0 Å². The maximum Gasteiger partial charge on any atom is 0.471 e. The second-order valence-corrected chi connectivity index (χ2v) is 5.42. The Bertz CT molecular complexity index is 860. The molecule has 3 rings (SSSR count). The van der Waals surface area contributed by atoms with E-state index >= 15 is 0 Å². The fourth-order valence-corrected chi connectivity index (χ4v) is 2.19. The summed E-state index contributed by atoms with van der Waals surface area (Å²) in [7, 11) is 0. The van der Waals surface area contributed by atoms with E-state index in [-0.39, 0.29) is 11.9 Å². The monoisotopic (exact) mass is 349 g/mol. The molecule has 8 heteroatoms. The summed E-state index contributed by atoms with van der Waals surface area (Å²) in [5.41, 5.74) is 2.10. The van der Waals surface area contributed by atoms with Crippen molar-refractivity contribution in [1.82, 2.24) is 15.1 Å². The zero-order valence-electron chi connectivity index (χ0n) is 13.4. The fourth-order valence-electron chi connectivity index (χ4n) is 2.19. The Labute approximate surface area is 141 Å². The van der Waals surface area contributed by atoms with Crippen molar-refractivity contribution in [2.45, 2.75) is 26.1 Å². The fraction of sp³-hybridized carbons (Fsp3) is 0.235. The Morgan fingerprint density at radius 1 is 1.04 bits per heavy atom. The standard InChI is InChI=1S/C17H14F3N3O2/c1-10-4-3-5-14(21-10)24-11(2)12-6-8-13(9-7-12)15-22-16(25-23-15)17(18,19)20/h3-9,11H,1-2H3. The Kier molecular flexibility index (Phi) is 4.43. The SMILES string of the molecule is Cc1cccc(OC(C)c2ccc(-c3noc(C(F)(F)F)n3)cc2)n1. The van der Waals surface area contributed by atoms with Crippen molar-refractivity contribution < 1.29 is 22.4 Å². The van der Waals surface area contributed by atoms with Gasteiger partial charge in [-0.25, -0.2) is 4.98 Å². The third-order valence-corrected chi connectivity index (χ3v) is 3.47. The summed E-state index contributed by atoms with van der Waals surface area (Å²) in [5.74, 6) is -0.980. The van der Waals surface area contributed by atoms with Crippen LogP contribution in [0, 0.1) is 6.92 Å². The van der Waals surface area contributed by atoms with Crippen LogP contribution in [-0.4, -0.2) is 15.1 Å². The van der Waals surface area contributed by atoms with Gasteiger partial charge in [-0.1, -0.05) is 35.5 Å². The normalized spacial score (nSPS) is 12.8. The predicted molar refractivity (Wildman–Crippen MR) is 82.8 cm³/mol. The minimum Gasteiger partial charge on any atom is -0.470 e. The minimum atomic E-state index is -4.66. The maximum atomic E-state index is 12.5. The molecule has 0 aliphatic carbocycles. The van der Waals surface area contributed by atoms with E-state index in [0.717, 1.165) is 11.3 Å². The quantitative estimate of drug-likeness (QED) is 0.689. The molecule has 2 heterocycles. The lowest BCUT2D eigenvalue weighted by Crippen LogP contribution is -2.05. The number of halogens is 3. The van der Waals surface area contributed by atoms with Crippen molar-refractivity contribution >= 4 is 0 Å². The summed E-state index contributed by atoms with van der Waals surface area (Å²) in [6, 6.07) is 12.2. The van der Waals surface area contributed by atoms with E-state index < -0.39 is 12.1 Å². The van der Waals surface area contributed by atoms with Gasteiger partial charge >= 0.3 is 12.1 Å². The molecule has 5 nitrogen and oxygen atoms in total. The molecule has 130 valence electrons. The van der Waals surface area contributed by atoms with E-state index in [1.807, 2.05) is 26.0 Å². The number of nitrogens with zero attached hydrogens (tertiary/aromatic N) is 3. The number of ether oxygens (including phenoxy) is 1. The van der Waals surface area contributed by atoms with Crippen LogP contribution in [0.1, 0.15) is 30.2 Å². The average Bonchev–Trinajstić information content (AvgIpc) is 3.05. The van der Waals surface area contributed by atoms with E-state index in [1.165, 1.54) is 0 Å². The van der Waals surface area contributed by atoms with Crippen LogP contribution in [0.25, 0.3) is 11.4 Å². The molecular formula is C17H14F3N3O2. The van der Waals surface area contributed by atoms with Crippen molar-refractivity contribution in [2.75, 3.05) is 0 Å². The number of hydrogen-bond acceptors (Lipinski definition) is 5. The molecule has 0 aliphatic heterocycles. The van der Waals surface area contributed by atoms with E-state index in [4.69, 9.17) is 4.74 Å². The predicted octanol–water partition coefficient (Wildman–Crippen LogP) is 4.60. The Morgan fingerprint density at radius 3 is 2.36 bits per heavy atom. The molecule has 0 spiro atoms. The van der Waals surface area contributed by atoms with Crippen LogP contribution in [0.5, 0.6) is 5.88 Å². The zero-order valence-corrected chi connectivity index (χ0v) is 13.4.